The van der Waals surface area contributed by atoms with Crippen LogP contribution in [0, 0.1) is 35.5 Å². The lowest BCUT2D eigenvalue weighted by atomic mass is 9.98. The molecular formula is C47H81N9O12. The van der Waals surface area contributed by atoms with Crippen LogP contribution in [0.15, 0.2) is 0 Å². The Kier molecular flexibility index (Phi) is 23.3. The predicted molar refractivity (Wildman–Crippen MR) is 252 cm³/mol. The van der Waals surface area contributed by atoms with Gasteiger partial charge in [-0.15, -0.1) is 0 Å². The van der Waals surface area contributed by atoms with Crippen LogP contribution in [0.5, 0.6) is 0 Å². The molecule has 0 aromatic rings. The highest BCUT2D eigenvalue weighted by Gasteiger charge is 2.45. The summed E-state index contributed by atoms with van der Waals surface area (Å²) in [7, 11) is 0. The van der Waals surface area contributed by atoms with Gasteiger partial charge in [0.25, 0.3) is 0 Å². The molecule has 0 aromatic heterocycles. The zero-order chi connectivity index (χ0) is 51.9. The summed E-state index contributed by atoms with van der Waals surface area (Å²) < 4.78 is 0. The fourth-order valence-corrected chi connectivity index (χ4v) is 8.35. The van der Waals surface area contributed by atoms with Gasteiger partial charge in [0, 0.05) is 19.5 Å². The van der Waals surface area contributed by atoms with E-state index in [9.17, 15) is 58.2 Å². The van der Waals surface area contributed by atoms with Crippen LogP contribution < -0.4 is 37.6 Å². The van der Waals surface area contributed by atoms with Crippen molar-refractivity contribution in [3.8, 4) is 0 Å². The molecule has 21 nitrogen and oxygen atoms in total. The monoisotopic (exact) mass is 964 g/mol. The number of amides is 8. The summed E-state index contributed by atoms with van der Waals surface area (Å²) in [5, 5.41) is 35.3. The highest BCUT2D eigenvalue weighted by Crippen LogP contribution is 2.27. The van der Waals surface area contributed by atoms with Gasteiger partial charge in [-0.25, -0.2) is 4.79 Å². The van der Waals surface area contributed by atoms with Gasteiger partial charge in [-0.1, -0.05) is 83.1 Å². The van der Waals surface area contributed by atoms with Crippen LogP contribution in [0.1, 0.15) is 134 Å². The van der Waals surface area contributed by atoms with E-state index in [1.807, 2.05) is 27.7 Å². The minimum Gasteiger partial charge on any atom is -0.481 e. The molecule has 0 spiro atoms. The van der Waals surface area contributed by atoms with E-state index >= 15 is 0 Å². The molecule has 21 heteroatoms. The number of carboxylic acids is 2. The quantitative estimate of drug-likeness (QED) is 0.0582. The van der Waals surface area contributed by atoms with Crippen molar-refractivity contribution in [2.24, 2.45) is 41.2 Å². The largest absolute Gasteiger partial charge is 0.481 e. The fourth-order valence-electron chi connectivity index (χ4n) is 8.35. The zero-order valence-electron chi connectivity index (χ0n) is 42.2. The molecule has 10 N–H and O–H groups in total. The lowest BCUT2D eigenvalue weighted by Gasteiger charge is -2.34. The van der Waals surface area contributed by atoms with Gasteiger partial charge < -0.3 is 57.6 Å². The van der Waals surface area contributed by atoms with E-state index in [0.29, 0.717) is 12.8 Å². The second-order valence-corrected chi connectivity index (χ2v) is 20.6. The molecule has 386 valence electrons. The Balaban J connectivity index is 2.30. The third-order valence-electron chi connectivity index (χ3n) is 12.3. The molecule has 2 aliphatic heterocycles. The standard InChI is InChI=1S/C47H81N9O12/c1-23(2)21-30(50-41(61)35(48)25(5)6)39(59)52-36(26(7)8)42(62)49-29(17-18-34(57)58)45(65)56-20-14-16-33(56)46(66)55-19-13-15-32(55)40(60)53-38(28(11)12)44(64)54-37(27(9)10)43(63)51-31(47(67)68)22-24(3)4/h23-33,35-38H,13-22,48H2,1-12H3,(H,49,62)(H,50,61)(H,51,63)(H,52,59)(H,53,60)(H,54,64)(H,57,58)(H,67,68)/t29-,30-,31-,32-,33-,35-,36-,37-,38-/m0/s1. The summed E-state index contributed by atoms with van der Waals surface area (Å²) in [6, 6.07) is -10.1. The first kappa shape index (κ1) is 58.8. The zero-order valence-corrected chi connectivity index (χ0v) is 42.2. The van der Waals surface area contributed by atoms with Crippen LogP contribution >= 0.6 is 0 Å². The molecule has 9 atom stereocenters. The Morgan fingerprint density at radius 1 is 0.515 bits per heavy atom. The number of hydrogen-bond acceptors (Lipinski definition) is 11. The van der Waals surface area contributed by atoms with Gasteiger partial charge in [0.2, 0.25) is 47.3 Å². The van der Waals surface area contributed by atoms with Crippen LogP contribution in [0.25, 0.3) is 0 Å². The van der Waals surface area contributed by atoms with Crippen LogP contribution in [0.3, 0.4) is 0 Å². The molecule has 0 aliphatic carbocycles. The fraction of sp³-hybridized carbons (Fsp3) is 0.787. The lowest BCUT2D eigenvalue weighted by Crippen LogP contribution is -2.61. The Morgan fingerprint density at radius 2 is 0.941 bits per heavy atom. The first-order chi connectivity index (χ1) is 31.6. The third-order valence-corrected chi connectivity index (χ3v) is 12.3. The Morgan fingerprint density at radius 3 is 1.41 bits per heavy atom. The third kappa shape index (κ3) is 17.3. The molecule has 2 fully saturated rings. The normalized spacial score (nSPS) is 19.3. The number of hydrogen-bond donors (Lipinski definition) is 9. The van der Waals surface area contributed by atoms with Gasteiger partial charge >= 0.3 is 11.9 Å². The van der Waals surface area contributed by atoms with Crippen molar-refractivity contribution in [1.82, 2.24) is 41.7 Å². The van der Waals surface area contributed by atoms with Crippen LogP contribution in [0.2, 0.25) is 0 Å². The van der Waals surface area contributed by atoms with Crippen LogP contribution in [-0.4, -0.2) is 147 Å². The van der Waals surface area contributed by atoms with E-state index in [1.54, 1.807) is 55.4 Å². The van der Waals surface area contributed by atoms with E-state index in [2.05, 4.69) is 31.9 Å². The van der Waals surface area contributed by atoms with Gasteiger partial charge in [0.15, 0.2) is 0 Å². The van der Waals surface area contributed by atoms with Gasteiger partial charge in [0.1, 0.15) is 48.3 Å². The molecule has 68 heavy (non-hydrogen) atoms. The number of carboxylic acid groups (broad SMARTS) is 2. The average Bonchev–Trinajstić information content (AvgIpc) is 3.94. The number of nitrogens with zero attached hydrogens (tertiary/aromatic N) is 2. The van der Waals surface area contributed by atoms with E-state index in [4.69, 9.17) is 5.73 Å². The van der Waals surface area contributed by atoms with Gasteiger partial charge in [0.05, 0.1) is 6.04 Å². The van der Waals surface area contributed by atoms with E-state index in [-0.39, 0.29) is 62.9 Å². The minimum absolute atomic E-state index is 0.0311. The number of rotatable bonds is 26. The minimum atomic E-state index is -1.41. The van der Waals surface area contributed by atoms with Crippen molar-refractivity contribution in [3.63, 3.8) is 0 Å². The van der Waals surface area contributed by atoms with Crippen molar-refractivity contribution in [1.29, 1.82) is 0 Å². The molecule has 2 saturated heterocycles. The summed E-state index contributed by atoms with van der Waals surface area (Å²) in [5.41, 5.74) is 6.03. The first-order valence-corrected chi connectivity index (χ1v) is 24.2. The maximum Gasteiger partial charge on any atom is 0.326 e. The number of carbonyl (C=O) groups is 10. The van der Waals surface area contributed by atoms with Crippen molar-refractivity contribution >= 4 is 59.2 Å². The summed E-state index contributed by atoms with van der Waals surface area (Å²) in [5.74, 6) is -9.34. The Hall–Kier alpha value is -5.34. The molecule has 2 heterocycles. The molecule has 0 aromatic carbocycles. The molecular weight excluding hydrogens is 883 g/mol. The number of nitrogens with two attached hydrogens (primary N) is 1. The smallest absolute Gasteiger partial charge is 0.326 e. The van der Waals surface area contributed by atoms with E-state index < -0.39 is 138 Å². The van der Waals surface area contributed by atoms with E-state index in [0.717, 1.165) is 0 Å². The maximum atomic E-state index is 14.4. The number of nitrogens with one attached hydrogen (secondary N) is 6. The van der Waals surface area contributed by atoms with E-state index in [1.165, 1.54) is 9.80 Å². The number of aliphatic carboxylic acids is 2. The molecule has 0 radical (unpaired) electrons. The van der Waals surface area contributed by atoms with Crippen molar-refractivity contribution < 1.29 is 58.2 Å². The molecule has 8 amide bonds. The molecule has 0 bridgehead atoms. The molecule has 0 saturated carbocycles. The van der Waals surface area contributed by atoms with Gasteiger partial charge in [-0.05, 0) is 80.5 Å². The second kappa shape index (κ2) is 27.0. The maximum absolute atomic E-state index is 14.4. The Bertz CT molecular complexity index is 1800. The van der Waals surface area contributed by atoms with Gasteiger partial charge in [-0.3, -0.25) is 43.2 Å². The first-order valence-electron chi connectivity index (χ1n) is 24.2. The predicted octanol–water partition coefficient (Wildman–Crippen LogP) is 0.870. The number of likely N-dealkylation sites (tertiary alicyclic amines) is 2. The second-order valence-electron chi connectivity index (χ2n) is 20.6. The van der Waals surface area contributed by atoms with Crippen molar-refractivity contribution in [3.05, 3.63) is 0 Å². The SMILES string of the molecule is CC(C)C[C@H](NC(=O)[C@@H](NC(=O)[C@@H](NC(=O)[C@@H]1CCCN1C(=O)[C@@H]1CCCN1C(=O)[C@H](CCC(=O)O)NC(=O)[C@@H](NC(=O)[C@H](CC(C)C)NC(=O)[C@@H](N)C(C)C)C(C)C)C(C)C)C(C)C)C(=O)O. The highest BCUT2D eigenvalue weighted by molar-refractivity contribution is 5.98. The van der Waals surface area contributed by atoms with Crippen molar-refractivity contribution in [2.45, 2.75) is 189 Å². The van der Waals surface area contributed by atoms with Crippen LogP contribution in [-0.2, 0) is 47.9 Å². The lowest BCUT2D eigenvalue weighted by molar-refractivity contribution is -0.148. The topological polar surface area (TPSA) is 316 Å². The van der Waals surface area contributed by atoms with Crippen molar-refractivity contribution in [2.75, 3.05) is 13.1 Å². The average molecular weight is 964 g/mol. The summed E-state index contributed by atoms with van der Waals surface area (Å²) in [6.45, 7) is 21.3. The number of carbonyl (C=O) groups excluding carboxylic acids is 8. The summed E-state index contributed by atoms with van der Waals surface area (Å²) >= 11 is 0. The molecule has 0 unspecified atom stereocenters. The summed E-state index contributed by atoms with van der Waals surface area (Å²) in [6.07, 6.45) is 0.869. The summed E-state index contributed by atoms with van der Waals surface area (Å²) in [4.78, 5) is 137. The Labute approximate surface area is 401 Å². The molecule has 2 aliphatic rings. The molecule has 2 rings (SSSR count). The van der Waals surface area contributed by atoms with Gasteiger partial charge in [-0.2, -0.15) is 0 Å². The highest BCUT2D eigenvalue weighted by atomic mass is 16.4. The van der Waals surface area contributed by atoms with Crippen LogP contribution in [0.4, 0.5) is 0 Å².